The van der Waals surface area contributed by atoms with Crippen molar-refractivity contribution >= 4 is 43.9 Å². The standard InChI is InChI=1S/C63H39N3O2/c1-5-17-40(18-6-1)51-39-52(59(43-21-9-3-10-22-43)60(44-23-11-4-12-24-44)58(51)42-19-7-2-8-20-42)41-29-31-45(32-30-41)61-64-62(46-34-36-56-53(37-46)49-26-14-16-28-55(49)67-56)66-63(65-61)47-33-35-50-48-25-13-15-27-54(48)68-57(50)38-47/h1-39H. The molecular formula is C63H39N3O2. The van der Waals surface area contributed by atoms with Crippen LogP contribution in [0.4, 0.5) is 0 Å². The van der Waals surface area contributed by atoms with Crippen LogP contribution in [0, 0.1) is 0 Å². The molecule has 0 radical (unpaired) electrons. The van der Waals surface area contributed by atoms with Crippen LogP contribution in [0.2, 0.25) is 0 Å². The van der Waals surface area contributed by atoms with E-state index in [4.69, 9.17) is 23.8 Å². The van der Waals surface area contributed by atoms with E-state index in [0.29, 0.717) is 17.5 Å². The van der Waals surface area contributed by atoms with Gasteiger partial charge in [-0.1, -0.05) is 188 Å². The molecule has 5 nitrogen and oxygen atoms in total. The minimum atomic E-state index is 0.552. The van der Waals surface area contributed by atoms with E-state index in [2.05, 4.69) is 182 Å². The smallest absolute Gasteiger partial charge is 0.164 e. The Labute approximate surface area is 392 Å². The second-order valence-electron chi connectivity index (χ2n) is 17.1. The molecule has 0 unspecified atom stereocenters. The fraction of sp³-hybridized carbons (Fsp3) is 0. The summed E-state index contributed by atoms with van der Waals surface area (Å²) in [4.78, 5) is 15.6. The first-order valence-electron chi connectivity index (χ1n) is 22.8. The van der Waals surface area contributed by atoms with E-state index in [1.165, 1.54) is 11.1 Å². The highest BCUT2D eigenvalue weighted by Gasteiger charge is 2.24. The number of hydrogen-bond donors (Lipinski definition) is 0. The molecule has 0 aliphatic carbocycles. The summed E-state index contributed by atoms with van der Waals surface area (Å²) in [7, 11) is 0. The highest BCUT2D eigenvalue weighted by Crippen LogP contribution is 2.50. The molecule has 3 aromatic heterocycles. The Morgan fingerprint density at radius 1 is 0.221 bits per heavy atom. The van der Waals surface area contributed by atoms with Gasteiger partial charge in [0.05, 0.1) is 0 Å². The lowest BCUT2D eigenvalue weighted by Gasteiger charge is -2.24. The fourth-order valence-electron chi connectivity index (χ4n) is 9.75. The van der Waals surface area contributed by atoms with Gasteiger partial charge in [0.15, 0.2) is 17.5 Å². The van der Waals surface area contributed by atoms with Crippen LogP contribution >= 0.6 is 0 Å². The summed E-state index contributed by atoms with van der Waals surface area (Å²) >= 11 is 0. The topological polar surface area (TPSA) is 65.0 Å². The zero-order valence-electron chi connectivity index (χ0n) is 36.7. The monoisotopic (exact) mass is 869 g/mol. The van der Waals surface area contributed by atoms with Crippen molar-refractivity contribution in [2.24, 2.45) is 0 Å². The van der Waals surface area contributed by atoms with Gasteiger partial charge < -0.3 is 8.83 Å². The van der Waals surface area contributed by atoms with Gasteiger partial charge in [-0.05, 0) is 104 Å². The van der Waals surface area contributed by atoms with Crippen LogP contribution in [0.5, 0.6) is 0 Å². The van der Waals surface area contributed by atoms with E-state index in [9.17, 15) is 0 Å². The van der Waals surface area contributed by atoms with E-state index in [0.717, 1.165) is 105 Å². The molecule has 10 aromatic carbocycles. The van der Waals surface area contributed by atoms with Crippen LogP contribution in [0.3, 0.4) is 0 Å². The number of aromatic nitrogens is 3. The molecule has 0 fully saturated rings. The van der Waals surface area contributed by atoms with Gasteiger partial charge in [0.2, 0.25) is 0 Å². The van der Waals surface area contributed by atoms with Crippen molar-refractivity contribution in [3.8, 4) is 89.8 Å². The van der Waals surface area contributed by atoms with E-state index < -0.39 is 0 Å². The quantitative estimate of drug-likeness (QED) is 0.152. The number of furan rings is 2. The largest absolute Gasteiger partial charge is 0.456 e. The highest BCUT2D eigenvalue weighted by atomic mass is 16.3. The summed E-state index contributed by atoms with van der Waals surface area (Å²) < 4.78 is 12.6. The zero-order valence-corrected chi connectivity index (χ0v) is 36.7. The summed E-state index contributed by atoms with van der Waals surface area (Å²) in [5.74, 6) is 1.68. The fourth-order valence-corrected chi connectivity index (χ4v) is 9.75. The van der Waals surface area contributed by atoms with Crippen molar-refractivity contribution in [2.75, 3.05) is 0 Å². The average Bonchev–Trinajstić information content (AvgIpc) is 3.99. The van der Waals surface area contributed by atoms with Gasteiger partial charge in [-0.25, -0.2) is 15.0 Å². The number of fused-ring (bicyclic) bond motifs is 6. The third-order valence-corrected chi connectivity index (χ3v) is 13.0. The maximum Gasteiger partial charge on any atom is 0.164 e. The highest BCUT2D eigenvalue weighted by molar-refractivity contribution is 6.09. The van der Waals surface area contributed by atoms with Crippen LogP contribution in [0.1, 0.15) is 0 Å². The van der Waals surface area contributed by atoms with Crippen LogP contribution in [0.25, 0.3) is 134 Å². The van der Waals surface area contributed by atoms with E-state index >= 15 is 0 Å². The Morgan fingerprint density at radius 2 is 0.588 bits per heavy atom. The molecule has 13 aromatic rings. The molecule has 0 aliphatic rings. The van der Waals surface area contributed by atoms with Gasteiger partial charge in [0, 0.05) is 38.2 Å². The molecule has 0 amide bonds. The molecule has 3 heterocycles. The van der Waals surface area contributed by atoms with Gasteiger partial charge in [0.25, 0.3) is 0 Å². The zero-order chi connectivity index (χ0) is 45.0. The number of rotatable bonds is 8. The van der Waals surface area contributed by atoms with Gasteiger partial charge in [-0.15, -0.1) is 0 Å². The minimum absolute atomic E-state index is 0.552. The molecular weight excluding hydrogens is 831 g/mol. The third kappa shape index (κ3) is 6.84. The summed E-state index contributed by atoms with van der Waals surface area (Å²) in [5, 5.41) is 4.17. The minimum Gasteiger partial charge on any atom is -0.456 e. The molecule has 0 spiro atoms. The molecule has 68 heavy (non-hydrogen) atoms. The predicted octanol–water partition coefficient (Wildman–Crippen LogP) is 17.0. The van der Waals surface area contributed by atoms with Gasteiger partial charge in [-0.3, -0.25) is 0 Å². The van der Waals surface area contributed by atoms with Crippen LogP contribution in [-0.2, 0) is 0 Å². The van der Waals surface area contributed by atoms with Gasteiger partial charge in [-0.2, -0.15) is 0 Å². The SMILES string of the molecule is c1ccc(-c2cc(-c3ccc(-c4nc(-c5ccc6c(c5)oc5ccccc56)nc(-c5ccc6oc7ccccc7c6c5)n4)cc3)c(-c3ccccc3)c(-c3ccccc3)c2-c2ccccc2)cc1. The second kappa shape index (κ2) is 16.4. The van der Waals surface area contributed by atoms with Crippen LogP contribution in [-0.4, -0.2) is 15.0 Å². The number of nitrogens with zero attached hydrogens (tertiary/aromatic N) is 3. The Balaban J connectivity index is 1.01. The van der Waals surface area contributed by atoms with Crippen LogP contribution < -0.4 is 0 Å². The summed E-state index contributed by atoms with van der Waals surface area (Å²) in [6, 6.07) is 82.7. The molecule has 0 saturated heterocycles. The Bertz CT molecular complexity index is 3990. The Morgan fingerprint density at radius 3 is 1.16 bits per heavy atom. The lowest BCUT2D eigenvalue weighted by molar-refractivity contribution is 0.668. The van der Waals surface area contributed by atoms with Gasteiger partial charge >= 0.3 is 0 Å². The molecule has 0 atom stereocenters. The summed E-state index contributed by atoms with van der Waals surface area (Å²) in [6.45, 7) is 0. The Kier molecular flexibility index (Phi) is 9.43. The summed E-state index contributed by atoms with van der Waals surface area (Å²) in [6.07, 6.45) is 0. The lowest BCUT2D eigenvalue weighted by atomic mass is 9.79. The first-order valence-corrected chi connectivity index (χ1v) is 22.8. The van der Waals surface area contributed by atoms with E-state index in [-0.39, 0.29) is 0 Å². The molecule has 13 rings (SSSR count). The van der Waals surface area contributed by atoms with Crippen molar-refractivity contribution in [3.63, 3.8) is 0 Å². The van der Waals surface area contributed by atoms with Gasteiger partial charge in [0.1, 0.15) is 22.3 Å². The van der Waals surface area contributed by atoms with Crippen LogP contribution in [0.15, 0.2) is 245 Å². The molecule has 0 bridgehead atoms. The van der Waals surface area contributed by atoms with E-state index in [1.54, 1.807) is 0 Å². The second-order valence-corrected chi connectivity index (χ2v) is 17.1. The predicted molar refractivity (Wildman–Crippen MR) is 278 cm³/mol. The first kappa shape index (κ1) is 39.2. The lowest BCUT2D eigenvalue weighted by Crippen LogP contribution is -2.00. The van der Waals surface area contributed by atoms with Crippen molar-refractivity contribution in [1.82, 2.24) is 15.0 Å². The van der Waals surface area contributed by atoms with Crippen molar-refractivity contribution in [3.05, 3.63) is 237 Å². The van der Waals surface area contributed by atoms with Crippen molar-refractivity contribution in [1.29, 1.82) is 0 Å². The van der Waals surface area contributed by atoms with Crippen molar-refractivity contribution in [2.45, 2.75) is 0 Å². The molecule has 0 N–H and O–H groups in total. The molecule has 0 aliphatic heterocycles. The number of benzene rings is 10. The molecule has 318 valence electrons. The Hall–Kier alpha value is -9.19. The molecule has 0 saturated carbocycles. The van der Waals surface area contributed by atoms with E-state index in [1.807, 2.05) is 54.6 Å². The maximum atomic E-state index is 6.35. The number of hydrogen-bond acceptors (Lipinski definition) is 5. The third-order valence-electron chi connectivity index (χ3n) is 13.0. The maximum absolute atomic E-state index is 6.35. The average molecular weight is 870 g/mol. The number of para-hydroxylation sites is 2. The van der Waals surface area contributed by atoms with Crippen molar-refractivity contribution < 1.29 is 8.83 Å². The summed E-state index contributed by atoms with van der Waals surface area (Å²) in [5.41, 5.74) is 17.3. The normalized spacial score (nSPS) is 11.5. The molecule has 5 heteroatoms. The first-order chi connectivity index (χ1) is 33.7.